The van der Waals surface area contributed by atoms with Crippen molar-refractivity contribution in [3.05, 3.63) is 29.3 Å². The van der Waals surface area contributed by atoms with E-state index in [9.17, 15) is 0 Å². The molecular formula is C14H19NO2S. The first kappa shape index (κ1) is 13.3. The van der Waals surface area contributed by atoms with Crippen LogP contribution in [-0.2, 0) is 11.3 Å². The standard InChI is InChI=1S/C14H19NO2S/c1-16-13-7-6-10(8-12(13)14(15)18)9-17-11-4-2-3-5-11/h6-8,11H,2-5,9H2,1H3,(H2,15,18). The molecule has 3 nitrogen and oxygen atoms in total. The molecule has 1 aliphatic carbocycles. The molecule has 1 aliphatic rings. The Balaban J connectivity index is 2.04. The van der Waals surface area contributed by atoms with Gasteiger partial charge in [0.1, 0.15) is 10.7 Å². The third kappa shape index (κ3) is 3.21. The largest absolute Gasteiger partial charge is 0.496 e. The van der Waals surface area contributed by atoms with Crippen LogP contribution >= 0.6 is 12.2 Å². The minimum atomic E-state index is 0.356. The number of methoxy groups -OCH3 is 1. The van der Waals surface area contributed by atoms with Gasteiger partial charge in [-0.3, -0.25) is 0 Å². The van der Waals surface area contributed by atoms with Gasteiger partial charge in [-0.2, -0.15) is 0 Å². The van der Waals surface area contributed by atoms with Gasteiger partial charge in [0.05, 0.1) is 25.4 Å². The first-order valence-electron chi connectivity index (χ1n) is 6.29. The molecule has 0 aliphatic heterocycles. The molecule has 4 heteroatoms. The van der Waals surface area contributed by atoms with Crippen LogP contribution in [0.1, 0.15) is 36.8 Å². The summed E-state index contributed by atoms with van der Waals surface area (Å²) in [6.07, 6.45) is 5.34. The normalized spacial score (nSPS) is 15.8. The average Bonchev–Trinajstić information content (AvgIpc) is 2.89. The minimum absolute atomic E-state index is 0.356. The van der Waals surface area contributed by atoms with E-state index in [0.29, 0.717) is 23.4 Å². The van der Waals surface area contributed by atoms with Gasteiger partial charge in [0.15, 0.2) is 0 Å². The Morgan fingerprint density at radius 2 is 2.11 bits per heavy atom. The lowest BCUT2D eigenvalue weighted by Crippen LogP contribution is -2.12. The van der Waals surface area contributed by atoms with Gasteiger partial charge in [-0.05, 0) is 30.5 Å². The fourth-order valence-electron chi connectivity index (χ4n) is 2.31. The van der Waals surface area contributed by atoms with Crippen LogP contribution in [0.3, 0.4) is 0 Å². The Kier molecular flexibility index (Phi) is 4.55. The van der Waals surface area contributed by atoms with E-state index in [1.54, 1.807) is 7.11 Å². The number of thiocarbonyl (C=S) groups is 1. The fraction of sp³-hybridized carbons (Fsp3) is 0.500. The maximum Gasteiger partial charge on any atom is 0.129 e. The molecule has 0 amide bonds. The van der Waals surface area contributed by atoms with Gasteiger partial charge in [0, 0.05) is 0 Å². The smallest absolute Gasteiger partial charge is 0.129 e. The van der Waals surface area contributed by atoms with E-state index in [-0.39, 0.29) is 0 Å². The van der Waals surface area contributed by atoms with E-state index in [0.717, 1.165) is 11.1 Å². The van der Waals surface area contributed by atoms with Crippen molar-refractivity contribution in [3.8, 4) is 5.75 Å². The summed E-state index contributed by atoms with van der Waals surface area (Å²) >= 11 is 5.02. The van der Waals surface area contributed by atoms with E-state index >= 15 is 0 Å². The molecule has 0 radical (unpaired) electrons. The summed E-state index contributed by atoms with van der Waals surface area (Å²) in [6.45, 7) is 0.615. The van der Waals surface area contributed by atoms with Crippen LogP contribution in [0, 0.1) is 0 Å². The molecule has 18 heavy (non-hydrogen) atoms. The topological polar surface area (TPSA) is 44.5 Å². The highest BCUT2D eigenvalue weighted by Crippen LogP contribution is 2.24. The van der Waals surface area contributed by atoms with Crippen molar-refractivity contribution in [2.75, 3.05) is 7.11 Å². The number of benzene rings is 1. The van der Waals surface area contributed by atoms with E-state index in [1.165, 1.54) is 25.7 Å². The van der Waals surface area contributed by atoms with Crippen molar-refractivity contribution >= 4 is 17.2 Å². The Bertz CT molecular complexity index is 428. The summed E-state index contributed by atoms with van der Waals surface area (Å²) in [5, 5.41) is 0. The third-order valence-corrected chi connectivity index (χ3v) is 3.54. The van der Waals surface area contributed by atoms with Crippen LogP contribution in [0.2, 0.25) is 0 Å². The molecule has 1 aromatic carbocycles. The van der Waals surface area contributed by atoms with E-state index in [4.69, 9.17) is 27.4 Å². The maximum atomic E-state index is 5.87. The summed E-state index contributed by atoms with van der Waals surface area (Å²) in [6, 6.07) is 5.84. The van der Waals surface area contributed by atoms with Gasteiger partial charge < -0.3 is 15.2 Å². The predicted molar refractivity (Wildman–Crippen MR) is 75.9 cm³/mol. The number of rotatable bonds is 5. The zero-order valence-corrected chi connectivity index (χ0v) is 11.5. The van der Waals surface area contributed by atoms with Crippen LogP contribution in [0.15, 0.2) is 18.2 Å². The third-order valence-electron chi connectivity index (χ3n) is 3.32. The molecule has 2 rings (SSSR count). The number of hydrogen-bond donors (Lipinski definition) is 1. The average molecular weight is 265 g/mol. The summed E-state index contributed by atoms with van der Waals surface area (Å²) in [7, 11) is 1.62. The second-order valence-electron chi connectivity index (χ2n) is 4.62. The number of ether oxygens (including phenoxy) is 2. The molecule has 2 N–H and O–H groups in total. The highest BCUT2D eigenvalue weighted by atomic mass is 32.1. The van der Waals surface area contributed by atoms with Crippen LogP contribution in [-0.4, -0.2) is 18.2 Å². The summed E-state index contributed by atoms with van der Waals surface area (Å²) < 4.78 is 11.1. The molecule has 1 saturated carbocycles. The van der Waals surface area contributed by atoms with Gasteiger partial charge in [-0.15, -0.1) is 0 Å². The van der Waals surface area contributed by atoms with Crippen molar-refractivity contribution in [1.82, 2.24) is 0 Å². The van der Waals surface area contributed by atoms with Crippen LogP contribution in [0.5, 0.6) is 5.75 Å². The highest BCUT2D eigenvalue weighted by Gasteiger charge is 2.15. The maximum absolute atomic E-state index is 5.87. The SMILES string of the molecule is COc1ccc(COC2CCCC2)cc1C(N)=S. The van der Waals surface area contributed by atoms with E-state index in [1.807, 2.05) is 18.2 Å². The van der Waals surface area contributed by atoms with Gasteiger partial charge in [0.2, 0.25) is 0 Å². The van der Waals surface area contributed by atoms with Crippen molar-refractivity contribution in [1.29, 1.82) is 0 Å². The van der Waals surface area contributed by atoms with Crippen molar-refractivity contribution in [2.45, 2.75) is 38.4 Å². The molecule has 0 heterocycles. The van der Waals surface area contributed by atoms with Gasteiger partial charge in [-0.25, -0.2) is 0 Å². The summed E-state index contributed by atoms with van der Waals surface area (Å²) in [5.41, 5.74) is 7.55. The van der Waals surface area contributed by atoms with Gasteiger partial charge in [-0.1, -0.05) is 31.1 Å². The molecule has 0 saturated heterocycles. The van der Waals surface area contributed by atoms with Crippen LogP contribution in [0.25, 0.3) is 0 Å². The van der Waals surface area contributed by atoms with E-state index in [2.05, 4.69) is 0 Å². The molecule has 1 aromatic rings. The monoisotopic (exact) mass is 265 g/mol. The van der Waals surface area contributed by atoms with Gasteiger partial charge >= 0.3 is 0 Å². The predicted octanol–water partition coefficient (Wildman–Crippen LogP) is 2.79. The second kappa shape index (κ2) is 6.16. The van der Waals surface area contributed by atoms with Crippen molar-refractivity contribution in [2.24, 2.45) is 5.73 Å². The lowest BCUT2D eigenvalue weighted by atomic mass is 10.1. The first-order valence-corrected chi connectivity index (χ1v) is 6.70. The molecular weight excluding hydrogens is 246 g/mol. The lowest BCUT2D eigenvalue weighted by molar-refractivity contribution is 0.0457. The zero-order valence-electron chi connectivity index (χ0n) is 10.6. The van der Waals surface area contributed by atoms with Gasteiger partial charge in [0.25, 0.3) is 0 Å². The lowest BCUT2D eigenvalue weighted by Gasteiger charge is -2.13. The number of nitrogens with two attached hydrogens (primary N) is 1. The fourth-order valence-corrected chi connectivity index (χ4v) is 2.47. The Morgan fingerprint density at radius 1 is 1.39 bits per heavy atom. The highest BCUT2D eigenvalue weighted by molar-refractivity contribution is 7.80. The Morgan fingerprint density at radius 3 is 2.72 bits per heavy atom. The molecule has 0 atom stereocenters. The van der Waals surface area contributed by atoms with E-state index < -0.39 is 0 Å². The van der Waals surface area contributed by atoms with Crippen LogP contribution in [0.4, 0.5) is 0 Å². The molecule has 0 unspecified atom stereocenters. The minimum Gasteiger partial charge on any atom is -0.496 e. The molecule has 0 aromatic heterocycles. The summed E-state index contributed by atoms with van der Waals surface area (Å²) in [4.78, 5) is 0.356. The molecule has 98 valence electrons. The zero-order chi connectivity index (χ0) is 13.0. The quantitative estimate of drug-likeness (QED) is 0.831. The Hall–Kier alpha value is -1.13. The summed E-state index contributed by atoms with van der Waals surface area (Å²) in [5.74, 6) is 0.715. The molecule has 0 bridgehead atoms. The molecule has 0 spiro atoms. The Labute approximate surface area is 113 Å². The first-order chi connectivity index (χ1) is 8.70. The second-order valence-corrected chi connectivity index (χ2v) is 5.06. The van der Waals surface area contributed by atoms with Crippen molar-refractivity contribution < 1.29 is 9.47 Å². The van der Waals surface area contributed by atoms with Crippen molar-refractivity contribution in [3.63, 3.8) is 0 Å². The van der Waals surface area contributed by atoms with Crippen LogP contribution < -0.4 is 10.5 Å². The molecule has 1 fully saturated rings. The number of hydrogen-bond acceptors (Lipinski definition) is 3.